The summed E-state index contributed by atoms with van der Waals surface area (Å²) in [4.78, 5) is 6.40. The molecule has 0 spiro atoms. The standard InChI is InChI=1S/C13H17ClN2O/c1-3-4-10-7-12(8-15-13(10)14)17-9-11-5-6-16(11)2/h3,7-8,11H,1,4-6,9H2,2H3/t11-/m0/s1. The Morgan fingerprint density at radius 1 is 1.71 bits per heavy atom. The summed E-state index contributed by atoms with van der Waals surface area (Å²) in [5, 5.41) is 0.526. The predicted octanol–water partition coefficient (Wildman–Crippen LogP) is 2.55. The quantitative estimate of drug-likeness (QED) is 0.595. The smallest absolute Gasteiger partial charge is 0.138 e. The lowest BCUT2D eigenvalue weighted by Crippen LogP contribution is -2.48. The fourth-order valence-electron chi connectivity index (χ4n) is 1.82. The van der Waals surface area contributed by atoms with E-state index in [9.17, 15) is 0 Å². The molecule has 0 aromatic carbocycles. The number of pyridine rings is 1. The van der Waals surface area contributed by atoms with Crippen LogP contribution in [0.4, 0.5) is 0 Å². The normalized spacial score (nSPS) is 19.8. The average molecular weight is 253 g/mol. The van der Waals surface area contributed by atoms with E-state index in [1.165, 1.54) is 6.42 Å². The van der Waals surface area contributed by atoms with E-state index in [1.807, 2.05) is 12.1 Å². The zero-order valence-electron chi connectivity index (χ0n) is 10.0. The first-order chi connectivity index (χ1) is 8.20. The largest absolute Gasteiger partial charge is 0.490 e. The van der Waals surface area contributed by atoms with Gasteiger partial charge in [-0.2, -0.15) is 0 Å². The number of ether oxygens (including phenoxy) is 1. The van der Waals surface area contributed by atoms with E-state index >= 15 is 0 Å². The number of halogens is 1. The van der Waals surface area contributed by atoms with Crippen LogP contribution in [0.3, 0.4) is 0 Å². The molecule has 4 heteroatoms. The summed E-state index contributed by atoms with van der Waals surface area (Å²) >= 11 is 5.98. The van der Waals surface area contributed by atoms with Crippen molar-refractivity contribution in [2.75, 3.05) is 20.2 Å². The molecule has 1 aliphatic rings. The third-order valence-electron chi connectivity index (χ3n) is 3.13. The Morgan fingerprint density at radius 3 is 3.12 bits per heavy atom. The minimum Gasteiger partial charge on any atom is -0.490 e. The van der Waals surface area contributed by atoms with Gasteiger partial charge in [0.05, 0.1) is 6.20 Å². The highest BCUT2D eigenvalue weighted by atomic mass is 35.5. The molecule has 92 valence electrons. The minimum absolute atomic E-state index is 0.526. The molecule has 0 amide bonds. The molecule has 1 aromatic rings. The number of nitrogens with zero attached hydrogens (tertiary/aromatic N) is 2. The maximum Gasteiger partial charge on any atom is 0.138 e. The Kier molecular flexibility index (Phi) is 4.02. The topological polar surface area (TPSA) is 25.4 Å². The summed E-state index contributed by atoms with van der Waals surface area (Å²) in [6.45, 7) is 5.58. The van der Waals surface area contributed by atoms with Crippen LogP contribution in [0.2, 0.25) is 5.15 Å². The van der Waals surface area contributed by atoms with E-state index in [4.69, 9.17) is 16.3 Å². The van der Waals surface area contributed by atoms with Crippen LogP contribution < -0.4 is 4.74 Å². The molecule has 0 aliphatic carbocycles. The highest BCUT2D eigenvalue weighted by Gasteiger charge is 2.24. The molecule has 2 rings (SSSR count). The Morgan fingerprint density at radius 2 is 2.53 bits per heavy atom. The van der Waals surface area contributed by atoms with E-state index in [-0.39, 0.29) is 0 Å². The molecule has 1 aliphatic heterocycles. The first-order valence-electron chi connectivity index (χ1n) is 5.79. The highest BCUT2D eigenvalue weighted by molar-refractivity contribution is 6.30. The van der Waals surface area contributed by atoms with Gasteiger partial charge in [0.2, 0.25) is 0 Å². The first-order valence-corrected chi connectivity index (χ1v) is 6.17. The Hall–Kier alpha value is -1.06. The van der Waals surface area contributed by atoms with Crippen molar-refractivity contribution in [1.82, 2.24) is 9.88 Å². The summed E-state index contributed by atoms with van der Waals surface area (Å²) in [6.07, 6.45) is 5.41. The summed E-state index contributed by atoms with van der Waals surface area (Å²) in [5.41, 5.74) is 0.959. The van der Waals surface area contributed by atoms with E-state index < -0.39 is 0 Å². The molecular weight excluding hydrogens is 236 g/mol. The van der Waals surface area contributed by atoms with Crippen molar-refractivity contribution < 1.29 is 4.74 Å². The SMILES string of the molecule is C=CCc1cc(OC[C@@H]2CCN2C)cnc1Cl. The van der Waals surface area contributed by atoms with Crippen molar-refractivity contribution >= 4 is 11.6 Å². The lowest BCUT2D eigenvalue weighted by Gasteiger charge is -2.37. The van der Waals surface area contributed by atoms with Crippen LogP contribution in [0, 0.1) is 0 Å². The molecule has 1 aromatic heterocycles. The van der Waals surface area contributed by atoms with Crippen LogP contribution in [0.25, 0.3) is 0 Å². The van der Waals surface area contributed by atoms with Gasteiger partial charge in [-0.15, -0.1) is 6.58 Å². The summed E-state index contributed by atoms with van der Waals surface area (Å²) < 4.78 is 5.73. The van der Waals surface area contributed by atoms with Crippen molar-refractivity contribution in [2.45, 2.75) is 18.9 Å². The van der Waals surface area contributed by atoms with Gasteiger partial charge in [-0.25, -0.2) is 4.98 Å². The van der Waals surface area contributed by atoms with Gasteiger partial charge >= 0.3 is 0 Å². The minimum atomic E-state index is 0.526. The maximum absolute atomic E-state index is 5.98. The number of likely N-dealkylation sites (N-methyl/N-ethyl adjacent to an activating group) is 1. The van der Waals surface area contributed by atoms with Gasteiger partial charge in [-0.1, -0.05) is 17.7 Å². The van der Waals surface area contributed by atoms with Gasteiger partial charge in [-0.05, 0) is 38.1 Å². The number of likely N-dealkylation sites (tertiary alicyclic amines) is 1. The lowest BCUT2D eigenvalue weighted by atomic mass is 10.1. The Bertz CT molecular complexity index is 408. The van der Waals surface area contributed by atoms with Crippen molar-refractivity contribution in [2.24, 2.45) is 0 Å². The van der Waals surface area contributed by atoms with Crippen LogP contribution in [0.1, 0.15) is 12.0 Å². The van der Waals surface area contributed by atoms with Gasteiger partial charge in [-0.3, -0.25) is 4.90 Å². The van der Waals surface area contributed by atoms with Crippen LogP contribution in [0.5, 0.6) is 5.75 Å². The number of hydrogen-bond acceptors (Lipinski definition) is 3. The van der Waals surface area contributed by atoms with Gasteiger partial charge in [0.15, 0.2) is 0 Å². The molecule has 2 heterocycles. The van der Waals surface area contributed by atoms with Gasteiger partial charge in [0, 0.05) is 6.04 Å². The second-order valence-corrected chi connectivity index (χ2v) is 4.71. The summed E-state index contributed by atoms with van der Waals surface area (Å²) in [7, 11) is 2.11. The molecule has 0 radical (unpaired) electrons. The fourth-order valence-corrected chi connectivity index (χ4v) is 2.00. The van der Waals surface area contributed by atoms with Crippen molar-refractivity contribution in [3.8, 4) is 5.75 Å². The fraction of sp³-hybridized carbons (Fsp3) is 0.462. The third-order valence-corrected chi connectivity index (χ3v) is 3.47. The van der Waals surface area contributed by atoms with Crippen LogP contribution in [0.15, 0.2) is 24.9 Å². The summed E-state index contributed by atoms with van der Waals surface area (Å²) in [6, 6.07) is 2.48. The van der Waals surface area contributed by atoms with Gasteiger partial charge < -0.3 is 4.74 Å². The zero-order chi connectivity index (χ0) is 12.3. The van der Waals surface area contributed by atoms with E-state index in [2.05, 4.69) is 23.5 Å². The third kappa shape index (κ3) is 2.99. The Labute approximate surface area is 107 Å². The molecule has 17 heavy (non-hydrogen) atoms. The maximum atomic E-state index is 5.98. The molecule has 3 nitrogen and oxygen atoms in total. The first kappa shape index (κ1) is 12.4. The number of allylic oxidation sites excluding steroid dienone is 1. The van der Waals surface area contributed by atoms with E-state index in [1.54, 1.807) is 6.20 Å². The number of hydrogen-bond donors (Lipinski definition) is 0. The van der Waals surface area contributed by atoms with Crippen molar-refractivity contribution in [1.29, 1.82) is 0 Å². The van der Waals surface area contributed by atoms with Crippen LogP contribution in [-0.2, 0) is 6.42 Å². The molecule has 0 bridgehead atoms. The van der Waals surface area contributed by atoms with Gasteiger partial charge in [0.1, 0.15) is 17.5 Å². The van der Waals surface area contributed by atoms with Crippen LogP contribution >= 0.6 is 11.6 Å². The predicted molar refractivity (Wildman–Crippen MR) is 69.7 cm³/mol. The van der Waals surface area contributed by atoms with Crippen LogP contribution in [-0.4, -0.2) is 36.1 Å². The molecule has 1 fully saturated rings. The number of aromatic nitrogens is 1. The number of rotatable bonds is 5. The average Bonchev–Trinajstić information content (AvgIpc) is 2.32. The van der Waals surface area contributed by atoms with Gasteiger partial charge in [0.25, 0.3) is 0 Å². The van der Waals surface area contributed by atoms with E-state index in [0.29, 0.717) is 24.2 Å². The molecule has 0 N–H and O–H groups in total. The molecule has 1 atom stereocenters. The molecular formula is C13H17ClN2O. The highest BCUT2D eigenvalue weighted by Crippen LogP contribution is 2.21. The van der Waals surface area contributed by atoms with Crippen molar-refractivity contribution in [3.05, 3.63) is 35.6 Å². The second-order valence-electron chi connectivity index (χ2n) is 4.35. The molecule has 0 saturated carbocycles. The second kappa shape index (κ2) is 5.52. The monoisotopic (exact) mass is 252 g/mol. The van der Waals surface area contributed by atoms with E-state index in [0.717, 1.165) is 17.9 Å². The molecule has 1 saturated heterocycles. The Balaban J connectivity index is 1.95. The lowest BCUT2D eigenvalue weighted by molar-refractivity contribution is 0.0767. The zero-order valence-corrected chi connectivity index (χ0v) is 10.8. The van der Waals surface area contributed by atoms with Crippen molar-refractivity contribution in [3.63, 3.8) is 0 Å². The summed E-state index contributed by atoms with van der Waals surface area (Å²) in [5.74, 6) is 0.784. The molecule has 0 unspecified atom stereocenters.